The molecule has 1 aliphatic heterocycles. The van der Waals surface area contributed by atoms with Gasteiger partial charge in [-0.3, -0.25) is 4.79 Å². The van der Waals surface area contributed by atoms with Crippen molar-refractivity contribution in [3.05, 3.63) is 59.7 Å². The highest BCUT2D eigenvalue weighted by Crippen LogP contribution is 2.27. The van der Waals surface area contributed by atoms with Crippen LogP contribution in [0, 0.1) is 0 Å². The molecule has 0 radical (unpaired) electrons. The van der Waals surface area contributed by atoms with Gasteiger partial charge in [0.25, 0.3) is 10.0 Å². The molecule has 1 saturated heterocycles. The van der Waals surface area contributed by atoms with Crippen LogP contribution in [0.3, 0.4) is 0 Å². The fraction of sp³-hybridized carbons (Fsp3) is 0.222. The van der Waals surface area contributed by atoms with Crippen LogP contribution in [-0.4, -0.2) is 37.4 Å². The van der Waals surface area contributed by atoms with E-state index >= 15 is 0 Å². The predicted molar refractivity (Wildman–Crippen MR) is 100 cm³/mol. The summed E-state index contributed by atoms with van der Waals surface area (Å²) in [5.41, 5.74) is 6.36. The molecule has 2 aromatic rings. The van der Waals surface area contributed by atoms with Gasteiger partial charge >= 0.3 is 18.1 Å². The Kier molecular flexibility index (Phi) is 5.61. The van der Waals surface area contributed by atoms with Gasteiger partial charge in [0.1, 0.15) is 0 Å². The van der Waals surface area contributed by atoms with Crippen molar-refractivity contribution in [3.8, 4) is 0 Å². The topological polar surface area (TPSA) is 122 Å². The highest BCUT2D eigenvalue weighted by atomic mass is 32.2. The molecular formula is C18H17F3N4O4S. The second-order valence-electron chi connectivity index (χ2n) is 6.49. The molecule has 30 heavy (non-hydrogen) atoms. The first-order valence-electron chi connectivity index (χ1n) is 8.62. The van der Waals surface area contributed by atoms with E-state index in [4.69, 9.17) is 5.73 Å². The van der Waals surface area contributed by atoms with Crippen molar-refractivity contribution in [1.82, 2.24) is 14.9 Å². The lowest BCUT2D eigenvalue weighted by atomic mass is 10.1. The zero-order chi connectivity index (χ0) is 22.1. The third kappa shape index (κ3) is 4.32. The van der Waals surface area contributed by atoms with Gasteiger partial charge in [0.05, 0.1) is 17.5 Å². The molecule has 8 nitrogen and oxygen atoms in total. The number of rotatable bonds is 5. The normalized spacial score (nSPS) is 17.0. The summed E-state index contributed by atoms with van der Waals surface area (Å²) in [5, 5.41) is 4.21. The Bertz CT molecular complexity index is 1070. The van der Waals surface area contributed by atoms with Crippen LogP contribution in [-0.2, 0) is 21.4 Å². The highest BCUT2D eigenvalue weighted by molar-refractivity contribution is 7.89. The molecule has 0 aliphatic carbocycles. The van der Waals surface area contributed by atoms with Crippen molar-refractivity contribution < 1.29 is 31.2 Å². The van der Waals surface area contributed by atoms with Gasteiger partial charge in [-0.25, -0.2) is 17.5 Å². The van der Waals surface area contributed by atoms with E-state index in [0.717, 1.165) is 17.7 Å². The summed E-state index contributed by atoms with van der Waals surface area (Å²) < 4.78 is 63.6. The van der Waals surface area contributed by atoms with Gasteiger partial charge in [-0.1, -0.05) is 30.3 Å². The summed E-state index contributed by atoms with van der Waals surface area (Å²) in [6.07, 6.45) is -5.08. The van der Waals surface area contributed by atoms with Gasteiger partial charge in [0, 0.05) is 12.2 Å². The van der Waals surface area contributed by atoms with Crippen LogP contribution >= 0.6 is 0 Å². The van der Waals surface area contributed by atoms with E-state index < -0.39 is 40.7 Å². The van der Waals surface area contributed by atoms with E-state index in [9.17, 15) is 31.2 Å². The first-order valence-corrected chi connectivity index (χ1v) is 10.1. The Hall–Kier alpha value is -3.28. The van der Waals surface area contributed by atoms with Gasteiger partial charge in [0.15, 0.2) is 0 Å². The number of nitrogen functional groups attached to an aromatic ring is 1. The fourth-order valence-corrected chi connectivity index (χ4v) is 4.30. The van der Waals surface area contributed by atoms with E-state index in [2.05, 4.69) is 5.32 Å². The lowest BCUT2D eigenvalue weighted by molar-refractivity contribution is -0.173. The van der Waals surface area contributed by atoms with Gasteiger partial charge in [-0.15, -0.1) is 0 Å². The molecule has 4 N–H and O–H groups in total. The largest absolute Gasteiger partial charge is 0.471 e. The number of urea groups is 1. The Morgan fingerprint density at radius 1 is 1.20 bits per heavy atom. The SMILES string of the molecule is Nc1ccc(S(=O)(=O)N2C[C@H](c3ccccc3)NC2=O)cc1CNC(=O)C(F)(F)F. The first-order chi connectivity index (χ1) is 14.0. The van der Waals surface area contributed by atoms with Crippen molar-refractivity contribution in [2.45, 2.75) is 23.7 Å². The summed E-state index contributed by atoms with van der Waals surface area (Å²) in [6.45, 7) is -0.790. The number of carbonyl (C=O) groups excluding carboxylic acids is 2. The number of alkyl halides is 3. The Balaban J connectivity index is 1.82. The summed E-state index contributed by atoms with van der Waals surface area (Å²) in [7, 11) is -4.30. The lowest BCUT2D eigenvalue weighted by Gasteiger charge is -2.17. The van der Waals surface area contributed by atoms with Crippen molar-refractivity contribution in [1.29, 1.82) is 0 Å². The average molecular weight is 442 g/mol. The number of anilines is 1. The highest BCUT2D eigenvalue weighted by Gasteiger charge is 2.40. The van der Waals surface area contributed by atoms with Crippen LogP contribution < -0.4 is 16.4 Å². The second-order valence-corrected chi connectivity index (χ2v) is 8.35. The van der Waals surface area contributed by atoms with E-state index in [1.807, 2.05) is 0 Å². The summed E-state index contributed by atoms with van der Waals surface area (Å²) in [5.74, 6) is -2.18. The maximum Gasteiger partial charge on any atom is 0.471 e. The number of nitrogens with one attached hydrogen (secondary N) is 2. The van der Waals surface area contributed by atoms with Crippen molar-refractivity contribution in [3.63, 3.8) is 0 Å². The van der Waals surface area contributed by atoms with Crippen molar-refractivity contribution in [2.75, 3.05) is 12.3 Å². The monoisotopic (exact) mass is 442 g/mol. The zero-order valence-corrected chi connectivity index (χ0v) is 16.1. The van der Waals surface area contributed by atoms with Crippen LogP contribution in [0.15, 0.2) is 53.4 Å². The molecule has 1 aliphatic rings. The zero-order valence-electron chi connectivity index (χ0n) is 15.3. The Labute approximate surface area is 169 Å². The van der Waals surface area contributed by atoms with E-state index in [-0.39, 0.29) is 22.7 Å². The van der Waals surface area contributed by atoms with Gasteiger partial charge in [-0.05, 0) is 29.3 Å². The first kappa shape index (κ1) is 21.4. The van der Waals surface area contributed by atoms with Crippen LogP contribution in [0.1, 0.15) is 17.2 Å². The smallest absolute Gasteiger partial charge is 0.398 e. The number of carbonyl (C=O) groups is 2. The number of nitrogens with zero attached hydrogens (tertiary/aromatic N) is 1. The Morgan fingerprint density at radius 2 is 1.87 bits per heavy atom. The molecule has 12 heteroatoms. The van der Waals surface area contributed by atoms with Crippen molar-refractivity contribution in [2.24, 2.45) is 0 Å². The minimum Gasteiger partial charge on any atom is -0.398 e. The Morgan fingerprint density at radius 3 is 2.50 bits per heavy atom. The molecular weight excluding hydrogens is 425 g/mol. The molecule has 3 amide bonds. The number of hydrogen-bond donors (Lipinski definition) is 3. The average Bonchev–Trinajstić information content (AvgIpc) is 3.09. The summed E-state index contributed by atoms with van der Waals surface area (Å²) in [6, 6.07) is 10.7. The standard InChI is InChI=1S/C18H17F3N4O4S/c19-18(20,21)16(26)23-9-12-8-13(6-7-14(12)22)30(28,29)25-10-15(24-17(25)27)11-4-2-1-3-5-11/h1-8,15H,9-10,22H2,(H,23,26)(H,24,27)/t15-/m1/s1. The molecule has 1 fully saturated rings. The minimum absolute atomic E-state index is 0.00976. The van der Waals surface area contributed by atoms with E-state index in [0.29, 0.717) is 4.31 Å². The molecule has 0 aromatic heterocycles. The number of hydrogen-bond acceptors (Lipinski definition) is 5. The predicted octanol–water partition coefficient (Wildman–Crippen LogP) is 1.90. The summed E-state index contributed by atoms with van der Waals surface area (Å²) >= 11 is 0. The quantitative estimate of drug-likeness (QED) is 0.611. The molecule has 0 bridgehead atoms. The molecule has 2 aromatic carbocycles. The van der Waals surface area contributed by atoms with Gasteiger partial charge in [0.2, 0.25) is 0 Å². The third-order valence-corrected chi connectivity index (χ3v) is 6.22. The fourth-order valence-electron chi connectivity index (χ4n) is 2.90. The van der Waals surface area contributed by atoms with E-state index in [1.165, 1.54) is 6.07 Å². The van der Waals surface area contributed by atoms with Crippen LogP contribution in [0.5, 0.6) is 0 Å². The van der Waals surface area contributed by atoms with E-state index in [1.54, 1.807) is 35.6 Å². The molecule has 0 spiro atoms. The number of sulfonamides is 1. The lowest BCUT2D eigenvalue weighted by Crippen LogP contribution is -2.36. The molecule has 1 heterocycles. The van der Waals surface area contributed by atoms with Crippen LogP contribution in [0.2, 0.25) is 0 Å². The molecule has 160 valence electrons. The molecule has 0 saturated carbocycles. The van der Waals surface area contributed by atoms with Gasteiger partial charge < -0.3 is 16.4 Å². The molecule has 0 unspecified atom stereocenters. The number of benzene rings is 2. The summed E-state index contributed by atoms with van der Waals surface area (Å²) in [4.78, 5) is 22.9. The number of nitrogens with two attached hydrogens (primary N) is 1. The molecule has 3 rings (SSSR count). The maximum atomic E-state index is 12.9. The third-order valence-electron chi connectivity index (χ3n) is 4.47. The second kappa shape index (κ2) is 7.86. The van der Waals surface area contributed by atoms with Crippen LogP contribution in [0.4, 0.5) is 23.7 Å². The minimum atomic E-state index is -5.08. The van der Waals surface area contributed by atoms with Crippen molar-refractivity contribution >= 4 is 27.6 Å². The van der Waals surface area contributed by atoms with Gasteiger partial charge in [-0.2, -0.15) is 13.2 Å². The van der Waals surface area contributed by atoms with Crippen LogP contribution in [0.25, 0.3) is 0 Å². The number of halogens is 3. The number of amides is 3. The maximum absolute atomic E-state index is 12.9. The molecule has 1 atom stereocenters.